The Kier molecular flexibility index (Phi) is 8.08. The van der Waals surface area contributed by atoms with Crippen LogP contribution in [0.4, 0.5) is 0 Å². The lowest BCUT2D eigenvalue weighted by Crippen LogP contribution is -2.47. The fourth-order valence-corrected chi connectivity index (χ4v) is 3.37. The molecule has 2 aromatic rings. The van der Waals surface area contributed by atoms with E-state index in [-0.39, 0.29) is 36.7 Å². The normalized spacial score (nSPS) is 15.4. The maximum absolute atomic E-state index is 12.6. The Balaban J connectivity index is 1.68. The highest BCUT2D eigenvalue weighted by Crippen LogP contribution is 2.29. The Morgan fingerprint density at radius 2 is 1.69 bits per heavy atom. The van der Waals surface area contributed by atoms with Crippen LogP contribution in [0.5, 0.6) is 17.2 Å². The average Bonchev–Trinajstić information content (AvgIpc) is 2.76. The summed E-state index contributed by atoms with van der Waals surface area (Å²) >= 11 is 0. The Labute approximate surface area is 188 Å². The summed E-state index contributed by atoms with van der Waals surface area (Å²) in [6, 6.07) is 12.5. The van der Waals surface area contributed by atoms with Gasteiger partial charge in [0, 0.05) is 0 Å². The number of carbonyl (C=O) groups excluding carboxylic acids is 2. The highest BCUT2D eigenvalue weighted by atomic mass is 16.5. The first-order valence-corrected chi connectivity index (χ1v) is 10.8. The van der Waals surface area contributed by atoms with Crippen molar-refractivity contribution in [1.82, 2.24) is 10.6 Å². The Bertz CT molecular complexity index is 972. The van der Waals surface area contributed by atoms with Gasteiger partial charge in [0.15, 0.2) is 11.5 Å². The first-order valence-electron chi connectivity index (χ1n) is 10.8. The highest BCUT2D eigenvalue weighted by Gasteiger charge is 2.23. The van der Waals surface area contributed by atoms with Crippen LogP contribution in [0.15, 0.2) is 47.5 Å². The minimum absolute atomic E-state index is 0.106. The molecule has 0 saturated heterocycles. The number of nitrogens with zero attached hydrogens (tertiary/aromatic N) is 1. The highest BCUT2D eigenvalue weighted by molar-refractivity contribution is 6.06. The third kappa shape index (κ3) is 6.23. The summed E-state index contributed by atoms with van der Waals surface area (Å²) in [5.74, 6) is 1.66. The standard InChI is InChI=1S/C24H29N3O5/c1-4-30-18-10-8-17(9-11-18)19-15-23(29)27-24(25-19)26-22(28)14-16-7-12-20(31-5-2)21(13-16)32-6-3/h7-13,19H,4-6,14-15H2,1-3H3,(H2,25,26,27,28,29)/t19-/m0/s1. The first-order chi connectivity index (χ1) is 15.5. The van der Waals surface area contributed by atoms with Gasteiger partial charge in [-0.2, -0.15) is 0 Å². The predicted molar refractivity (Wildman–Crippen MR) is 121 cm³/mol. The molecule has 2 amide bonds. The van der Waals surface area contributed by atoms with Crippen molar-refractivity contribution in [3.8, 4) is 17.2 Å². The molecule has 0 spiro atoms. The molecule has 2 N–H and O–H groups in total. The number of hydrogen-bond acceptors (Lipinski definition) is 6. The van der Waals surface area contributed by atoms with Gasteiger partial charge in [0.1, 0.15) is 5.75 Å². The fraction of sp³-hybridized carbons (Fsp3) is 0.375. The number of amides is 2. The minimum Gasteiger partial charge on any atom is -0.494 e. The molecule has 2 aromatic carbocycles. The van der Waals surface area contributed by atoms with E-state index in [0.717, 1.165) is 16.9 Å². The third-order valence-electron chi connectivity index (χ3n) is 4.73. The van der Waals surface area contributed by atoms with Gasteiger partial charge in [-0.3, -0.25) is 20.2 Å². The fourth-order valence-electron chi connectivity index (χ4n) is 3.37. The van der Waals surface area contributed by atoms with Crippen LogP contribution in [-0.2, 0) is 16.0 Å². The van der Waals surface area contributed by atoms with Gasteiger partial charge in [0.05, 0.1) is 38.7 Å². The summed E-state index contributed by atoms with van der Waals surface area (Å²) in [5, 5.41) is 5.33. The second-order valence-electron chi connectivity index (χ2n) is 7.12. The number of aliphatic imine (C=N–C) groups is 1. The van der Waals surface area contributed by atoms with Crippen molar-refractivity contribution in [2.75, 3.05) is 19.8 Å². The molecule has 0 radical (unpaired) electrons. The van der Waals surface area contributed by atoms with Crippen LogP contribution in [0.3, 0.4) is 0 Å². The molecule has 1 heterocycles. The van der Waals surface area contributed by atoms with Crippen LogP contribution in [0.2, 0.25) is 0 Å². The molecule has 0 aliphatic carbocycles. The summed E-state index contributed by atoms with van der Waals surface area (Å²) in [5.41, 5.74) is 1.64. The van der Waals surface area contributed by atoms with Crippen molar-refractivity contribution in [3.63, 3.8) is 0 Å². The van der Waals surface area contributed by atoms with Crippen LogP contribution >= 0.6 is 0 Å². The number of benzene rings is 2. The molecular weight excluding hydrogens is 410 g/mol. The largest absolute Gasteiger partial charge is 0.494 e. The van der Waals surface area contributed by atoms with Gasteiger partial charge < -0.3 is 14.2 Å². The summed E-state index contributed by atoms with van der Waals surface area (Å²) in [6.45, 7) is 7.31. The third-order valence-corrected chi connectivity index (χ3v) is 4.73. The van der Waals surface area contributed by atoms with E-state index in [1.54, 1.807) is 12.1 Å². The summed E-state index contributed by atoms with van der Waals surface area (Å²) in [7, 11) is 0. The quantitative estimate of drug-likeness (QED) is 0.625. The van der Waals surface area contributed by atoms with Crippen molar-refractivity contribution >= 4 is 17.8 Å². The van der Waals surface area contributed by atoms with E-state index in [2.05, 4.69) is 15.6 Å². The van der Waals surface area contributed by atoms with Crippen molar-refractivity contribution < 1.29 is 23.8 Å². The lowest BCUT2D eigenvalue weighted by atomic mass is 10.0. The molecule has 1 atom stereocenters. The van der Waals surface area contributed by atoms with E-state index in [1.165, 1.54) is 0 Å². The number of hydrogen-bond donors (Lipinski definition) is 2. The van der Waals surface area contributed by atoms with E-state index < -0.39 is 0 Å². The molecular formula is C24H29N3O5. The van der Waals surface area contributed by atoms with Crippen LogP contribution in [-0.4, -0.2) is 37.6 Å². The zero-order valence-electron chi connectivity index (χ0n) is 18.6. The molecule has 1 aliphatic heterocycles. The van der Waals surface area contributed by atoms with E-state index in [9.17, 15) is 9.59 Å². The minimum atomic E-state index is -0.371. The molecule has 0 saturated carbocycles. The summed E-state index contributed by atoms with van der Waals surface area (Å²) in [4.78, 5) is 29.3. The Morgan fingerprint density at radius 1 is 1.00 bits per heavy atom. The molecule has 32 heavy (non-hydrogen) atoms. The zero-order valence-corrected chi connectivity index (χ0v) is 18.6. The molecule has 8 heteroatoms. The number of ether oxygens (including phenoxy) is 3. The van der Waals surface area contributed by atoms with Gasteiger partial charge in [-0.15, -0.1) is 0 Å². The zero-order chi connectivity index (χ0) is 22.9. The second kappa shape index (κ2) is 11.2. The predicted octanol–water partition coefficient (Wildman–Crippen LogP) is 3.16. The Hall–Kier alpha value is -3.55. The number of carbonyl (C=O) groups is 2. The maximum atomic E-state index is 12.6. The van der Waals surface area contributed by atoms with Crippen LogP contribution in [0, 0.1) is 0 Å². The molecule has 0 aromatic heterocycles. The molecule has 1 aliphatic rings. The molecule has 0 unspecified atom stereocenters. The molecule has 0 fully saturated rings. The first kappa shape index (κ1) is 23.1. The van der Waals surface area contributed by atoms with Gasteiger partial charge in [0.2, 0.25) is 17.8 Å². The van der Waals surface area contributed by atoms with Gasteiger partial charge in [-0.05, 0) is 56.2 Å². The van der Waals surface area contributed by atoms with Crippen LogP contribution in [0.25, 0.3) is 0 Å². The average molecular weight is 440 g/mol. The van der Waals surface area contributed by atoms with Crippen LogP contribution < -0.4 is 24.8 Å². The number of rotatable bonds is 9. The van der Waals surface area contributed by atoms with Crippen molar-refractivity contribution in [2.24, 2.45) is 4.99 Å². The second-order valence-corrected chi connectivity index (χ2v) is 7.12. The summed E-state index contributed by atoms with van der Waals surface area (Å²) in [6.07, 6.45) is 0.319. The maximum Gasteiger partial charge on any atom is 0.231 e. The number of nitrogens with one attached hydrogen (secondary N) is 2. The van der Waals surface area contributed by atoms with Crippen molar-refractivity contribution in [2.45, 2.75) is 39.7 Å². The van der Waals surface area contributed by atoms with Crippen LogP contribution in [0.1, 0.15) is 44.4 Å². The molecule has 170 valence electrons. The van der Waals surface area contributed by atoms with E-state index in [0.29, 0.717) is 31.3 Å². The number of guanidine groups is 1. The SMILES string of the molecule is CCOc1ccc([C@@H]2CC(=O)NC(NC(=O)Cc3ccc(OCC)c(OCC)c3)=N2)cc1. The lowest BCUT2D eigenvalue weighted by Gasteiger charge is -2.21. The monoisotopic (exact) mass is 439 g/mol. The van der Waals surface area contributed by atoms with Gasteiger partial charge in [0.25, 0.3) is 0 Å². The summed E-state index contributed by atoms with van der Waals surface area (Å²) < 4.78 is 16.6. The van der Waals surface area contributed by atoms with E-state index in [1.807, 2.05) is 51.1 Å². The van der Waals surface area contributed by atoms with E-state index in [4.69, 9.17) is 14.2 Å². The van der Waals surface area contributed by atoms with Crippen molar-refractivity contribution in [3.05, 3.63) is 53.6 Å². The Morgan fingerprint density at radius 3 is 2.38 bits per heavy atom. The van der Waals surface area contributed by atoms with E-state index >= 15 is 0 Å². The smallest absolute Gasteiger partial charge is 0.231 e. The molecule has 8 nitrogen and oxygen atoms in total. The lowest BCUT2D eigenvalue weighted by molar-refractivity contribution is -0.120. The molecule has 0 bridgehead atoms. The van der Waals surface area contributed by atoms with Gasteiger partial charge in [-0.25, -0.2) is 4.99 Å². The van der Waals surface area contributed by atoms with Gasteiger partial charge >= 0.3 is 0 Å². The van der Waals surface area contributed by atoms with Gasteiger partial charge in [-0.1, -0.05) is 18.2 Å². The van der Waals surface area contributed by atoms with Crippen molar-refractivity contribution in [1.29, 1.82) is 0 Å². The topological polar surface area (TPSA) is 98.3 Å². The molecule has 3 rings (SSSR count).